The zero-order valence-electron chi connectivity index (χ0n) is 14.5. The van der Waals surface area contributed by atoms with Gasteiger partial charge in [0.2, 0.25) is 0 Å². The number of methoxy groups -OCH3 is 2. The summed E-state index contributed by atoms with van der Waals surface area (Å²) in [6.45, 7) is 0. The summed E-state index contributed by atoms with van der Waals surface area (Å²) in [5, 5.41) is 5.20. The van der Waals surface area contributed by atoms with Crippen molar-refractivity contribution in [2.45, 2.75) is 0 Å². The van der Waals surface area contributed by atoms with E-state index in [1.807, 2.05) is 42.5 Å². The van der Waals surface area contributed by atoms with E-state index in [9.17, 15) is 0 Å². The third-order valence-corrected chi connectivity index (χ3v) is 4.55. The van der Waals surface area contributed by atoms with Gasteiger partial charge >= 0.3 is 0 Å². The molecule has 0 fully saturated rings. The smallest absolute Gasteiger partial charge is 0.138 e. The van der Waals surface area contributed by atoms with Gasteiger partial charge in [0.1, 0.15) is 27.0 Å². The SMILES string of the molecule is COc1ccc2cc(Cl)nc(Cl)c2c1.COc1ccc2cc(Cl)ncc2c1. The van der Waals surface area contributed by atoms with Gasteiger partial charge in [0.05, 0.1) is 14.2 Å². The van der Waals surface area contributed by atoms with Crippen LogP contribution in [-0.4, -0.2) is 24.2 Å². The van der Waals surface area contributed by atoms with Crippen LogP contribution in [0.1, 0.15) is 0 Å². The van der Waals surface area contributed by atoms with E-state index in [0.29, 0.717) is 15.5 Å². The summed E-state index contributed by atoms with van der Waals surface area (Å²) in [6, 6.07) is 15.0. The van der Waals surface area contributed by atoms with Crippen molar-refractivity contribution in [2.75, 3.05) is 14.2 Å². The highest BCUT2D eigenvalue weighted by Crippen LogP contribution is 2.28. The summed E-state index contributed by atoms with van der Waals surface area (Å²) in [5.74, 6) is 1.58. The van der Waals surface area contributed by atoms with Gasteiger partial charge in [-0.1, -0.05) is 46.9 Å². The maximum absolute atomic E-state index is 5.94. The Bertz CT molecular complexity index is 1100. The summed E-state index contributed by atoms with van der Waals surface area (Å²) in [5.41, 5.74) is 0. The molecular formula is C20H15Cl3N2O2. The van der Waals surface area contributed by atoms with Crippen LogP contribution in [0.25, 0.3) is 21.5 Å². The molecule has 138 valence electrons. The van der Waals surface area contributed by atoms with E-state index in [-0.39, 0.29) is 0 Å². The topological polar surface area (TPSA) is 44.2 Å². The molecule has 4 aromatic rings. The van der Waals surface area contributed by atoms with Crippen LogP contribution in [0, 0.1) is 0 Å². The van der Waals surface area contributed by atoms with Crippen molar-refractivity contribution in [1.82, 2.24) is 9.97 Å². The minimum Gasteiger partial charge on any atom is -0.497 e. The van der Waals surface area contributed by atoms with Crippen molar-refractivity contribution in [1.29, 1.82) is 0 Å². The molecule has 2 aromatic carbocycles. The van der Waals surface area contributed by atoms with Crippen LogP contribution in [0.5, 0.6) is 11.5 Å². The first-order valence-corrected chi connectivity index (χ1v) is 9.02. The molecule has 0 amide bonds. The lowest BCUT2D eigenvalue weighted by molar-refractivity contribution is 0.415. The van der Waals surface area contributed by atoms with Crippen LogP contribution in [0.4, 0.5) is 0 Å². The highest BCUT2D eigenvalue weighted by molar-refractivity contribution is 6.36. The van der Waals surface area contributed by atoms with Gasteiger partial charge in [0.25, 0.3) is 0 Å². The van der Waals surface area contributed by atoms with Crippen LogP contribution < -0.4 is 9.47 Å². The zero-order chi connectivity index (χ0) is 19.4. The maximum Gasteiger partial charge on any atom is 0.138 e. The lowest BCUT2D eigenvalue weighted by Gasteiger charge is -2.03. The minimum atomic E-state index is 0.395. The molecule has 0 spiro atoms. The zero-order valence-corrected chi connectivity index (χ0v) is 16.8. The Labute approximate surface area is 171 Å². The number of aromatic nitrogens is 2. The quantitative estimate of drug-likeness (QED) is 0.349. The second-order valence-corrected chi connectivity index (χ2v) is 6.68. The van der Waals surface area contributed by atoms with E-state index in [1.165, 1.54) is 0 Å². The van der Waals surface area contributed by atoms with E-state index in [0.717, 1.165) is 33.0 Å². The van der Waals surface area contributed by atoms with Gasteiger partial charge < -0.3 is 9.47 Å². The molecule has 0 N–H and O–H groups in total. The Morgan fingerprint density at radius 2 is 1.33 bits per heavy atom. The van der Waals surface area contributed by atoms with Gasteiger partial charge in [-0.25, -0.2) is 9.97 Å². The molecule has 0 unspecified atom stereocenters. The molecular weight excluding hydrogens is 407 g/mol. The highest BCUT2D eigenvalue weighted by atomic mass is 35.5. The Balaban J connectivity index is 0.000000156. The third kappa shape index (κ3) is 4.72. The van der Waals surface area contributed by atoms with Gasteiger partial charge in [-0.15, -0.1) is 0 Å². The fourth-order valence-electron chi connectivity index (χ4n) is 2.50. The van der Waals surface area contributed by atoms with Crippen LogP contribution in [0.2, 0.25) is 15.5 Å². The van der Waals surface area contributed by atoms with Crippen LogP contribution >= 0.6 is 34.8 Å². The number of halogens is 3. The number of pyridine rings is 2. The summed E-state index contributed by atoms with van der Waals surface area (Å²) >= 11 is 17.5. The van der Waals surface area contributed by atoms with Crippen molar-refractivity contribution >= 4 is 56.3 Å². The van der Waals surface area contributed by atoms with Gasteiger partial charge in [-0.2, -0.15) is 0 Å². The number of hydrogen-bond acceptors (Lipinski definition) is 4. The fourth-order valence-corrected chi connectivity index (χ4v) is 3.17. The van der Waals surface area contributed by atoms with E-state index in [1.54, 1.807) is 26.5 Å². The Morgan fingerprint density at radius 1 is 0.704 bits per heavy atom. The summed E-state index contributed by atoms with van der Waals surface area (Å²) in [4.78, 5) is 7.95. The Hall–Kier alpha value is -2.27. The highest BCUT2D eigenvalue weighted by Gasteiger charge is 2.04. The number of hydrogen-bond donors (Lipinski definition) is 0. The number of rotatable bonds is 2. The first kappa shape index (κ1) is 19.5. The van der Waals surface area contributed by atoms with E-state index in [4.69, 9.17) is 44.3 Å². The van der Waals surface area contributed by atoms with E-state index >= 15 is 0 Å². The molecule has 4 nitrogen and oxygen atoms in total. The summed E-state index contributed by atoms with van der Waals surface area (Å²) in [6.07, 6.45) is 1.74. The van der Waals surface area contributed by atoms with E-state index in [2.05, 4.69) is 9.97 Å². The first-order chi connectivity index (χ1) is 13.0. The maximum atomic E-state index is 5.94. The molecule has 7 heteroatoms. The lowest BCUT2D eigenvalue weighted by Crippen LogP contribution is -1.85. The molecule has 4 rings (SSSR count). The number of ether oxygens (including phenoxy) is 2. The number of nitrogens with zero attached hydrogens (tertiary/aromatic N) is 2. The molecule has 0 saturated carbocycles. The molecule has 0 aliphatic carbocycles. The third-order valence-electron chi connectivity index (χ3n) is 3.86. The number of fused-ring (bicyclic) bond motifs is 2. The summed E-state index contributed by atoms with van der Waals surface area (Å²) < 4.78 is 10.2. The first-order valence-electron chi connectivity index (χ1n) is 7.89. The van der Waals surface area contributed by atoms with E-state index < -0.39 is 0 Å². The lowest BCUT2D eigenvalue weighted by atomic mass is 10.2. The molecule has 2 heterocycles. The molecule has 0 bridgehead atoms. The Morgan fingerprint density at radius 3 is 2.04 bits per heavy atom. The van der Waals surface area contributed by atoms with Crippen LogP contribution in [-0.2, 0) is 0 Å². The van der Waals surface area contributed by atoms with Crippen LogP contribution in [0.3, 0.4) is 0 Å². The van der Waals surface area contributed by atoms with Gasteiger partial charge in [-0.05, 0) is 47.2 Å². The van der Waals surface area contributed by atoms with Crippen molar-refractivity contribution in [3.05, 3.63) is 70.2 Å². The second kappa shape index (κ2) is 8.61. The van der Waals surface area contributed by atoms with Gasteiger partial charge in [0.15, 0.2) is 0 Å². The molecule has 2 aromatic heterocycles. The fraction of sp³-hybridized carbons (Fsp3) is 0.100. The van der Waals surface area contributed by atoms with Crippen molar-refractivity contribution < 1.29 is 9.47 Å². The van der Waals surface area contributed by atoms with Crippen molar-refractivity contribution in [3.8, 4) is 11.5 Å². The largest absolute Gasteiger partial charge is 0.497 e. The second-order valence-electron chi connectivity index (χ2n) is 5.54. The average Bonchev–Trinajstić information content (AvgIpc) is 2.67. The molecule has 0 aliphatic heterocycles. The standard InChI is InChI=1S/C10H7Cl2NO.C10H8ClNO/c1-14-7-3-2-6-4-9(11)13-10(12)8(6)5-7;1-13-9-3-2-7-5-10(11)12-6-8(7)4-9/h2-5H,1H3;2-6H,1H3. The number of benzene rings is 2. The van der Waals surface area contributed by atoms with Gasteiger partial charge in [0, 0.05) is 17.0 Å². The normalized spacial score (nSPS) is 10.4. The molecule has 0 saturated heterocycles. The van der Waals surface area contributed by atoms with Crippen molar-refractivity contribution in [2.24, 2.45) is 0 Å². The monoisotopic (exact) mass is 420 g/mol. The minimum absolute atomic E-state index is 0.395. The average molecular weight is 422 g/mol. The summed E-state index contributed by atoms with van der Waals surface area (Å²) in [7, 11) is 3.25. The molecule has 27 heavy (non-hydrogen) atoms. The Kier molecular flexibility index (Phi) is 6.22. The van der Waals surface area contributed by atoms with Gasteiger partial charge in [-0.3, -0.25) is 0 Å². The van der Waals surface area contributed by atoms with Crippen molar-refractivity contribution in [3.63, 3.8) is 0 Å². The predicted molar refractivity (Wildman–Crippen MR) is 112 cm³/mol. The molecule has 0 aliphatic rings. The molecule has 0 radical (unpaired) electrons. The molecule has 0 atom stereocenters. The van der Waals surface area contributed by atoms with Crippen LogP contribution in [0.15, 0.2) is 54.7 Å². The predicted octanol–water partition coefficient (Wildman–Crippen LogP) is 6.45.